The lowest BCUT2D eigenvalue weighted by molar-refractivity contribution is -0.137. The molecule has 0 spiro atoms. The molecule has 0 amide bonds. The van der Waals surface area contributed by atoms with E-state index in [9.17, 15) is 4.79 Å². The zero-order valence-electron chi connectivity index (χ0n) is 11.9. The average Bonchev–Trinajstić information content (AvgIpc) is 2.77. The van der Waals surface area contributed by atoms with Gasteiger partial charge in [-0.3, -0.25) is 4.79 Å². The Morgan fingerprint density at radius 3 is 2.90 bits per heavy atom. The van der Waals surface area contributed by atoms with Crippen molar-refractivity contribution in [3.05, 3.63) is 42.5 Å². The number of hydrogen-bond donors (Lipinski definition) is 1. The van der Waals surface area contributed by atoms with E-state index in [0.29, 0.717) is 0 Å². The van der Waals surface area contributed by atoms with Crippen molar-refractivity contribution in [1.29, 1.82) is 0 Å². The van der Waals surface area contributed by atoms with Gasteiger partial charge in [0.05, 0.1) is 6.42 Å². The molecule has 108 valence electrons. The molecule has 3 nitrogen and oxygen atoms in total. The summed E-state index contributed by atoms with van der Waals surface area (Å²) in [6, 6.07) is 8.22. The summed E-state index contributed by atoms with van der Waals surface area (Å²) in [6.45, 7) is 5.60. The standard InChI is InChI=1S/C17H23NO2/c1-2-3-4-5-8-11-18-13-14(12-17(19)20)15-9-6-7-10-16(15)18/h2,6-7,9-10,14H,1,3-5,8,11-13H2,(H,19,20). The Kier molecular flexibility index (Phi) is 5.22. The number of fused-ring (bicyclic) bond motifs is 1. The van der Waals surface area contributed by atoms with Crippen LogP contribution in [0.3, 0.4) is 0 Å². The van der Waals surface area contributed by atoms with Gasteiger partial charge in [-0.15, -0.1) is 6.58 Å². The molecule has 0 aromatic heterocycles. The zero-order chi connectivity index (χ0) is 14.4. The van der Waals surface area contributed by atoms with Gasteiger partial charge in [0.1, 0.15) is 0 Å². The van der Waals surface area contributed by atoms with E-state index in [0.717, 1.165) is 25.9 Å². The maximum absolute atomic E-state index is 11.0. The number of rotatable bonds is 8. The van der Waals surface area contributed by atoms with Crippen molar-refractivity contribution in [2.24, 2.45) is 0 Å². The molecular weight excluding hydrogens is 250 g/mol. The molecule has 1 aliphatic heterocycles. The third-order valence-electron chi connectivity index (χ3n) is 3.92. The fourth-order valence-corrected chi connectivity index (χ4v) is 2.95. The highest BCUT2D eigenvalue weighted by Gasteiger charge is 2.29. The van der Waals surface area contributed by atoms with Crippen molar-refractivity contribution in [1.82, 2.24) is 0 Å². The molecule has 0 aliphatic carbocycles. The lowest BCUT2D eigenvalue weighted by Crippen LogP contribution is -2.23. The minimum atomic E-state index is -0.711. The van der Waals surface area contributed by atoms with Gasteiger partial charge in [-0.2, -0.15) is 0 Å². The van der Waals surface area contributed by atoms with E-state index in [-0.39, 0.29) is 12.3 Å². The van der Waals surface area contributed by atoms with Gasteiger partial charge in [0.25, 0.3) is 0 Å². The number of anilines is 1. The van der Waals surface area contributed by atoms with Crippen LogP contribution in [0.4, 0.5) is 5.69 Å². The minimum Gasteiger partial charge on any atom is -0.481 e. The maximum atomic E-state index is 11.0. The van der Waals surface area contributed by atoms with Gasteiger partial charge >= 0.3 is 5.97 Å². The van der Waals surface area contributed by atoms with E-state index in [1.807, 2.05) is 18.2 Å². The molecule has 2 rings (SSSR count). The van der Waals surface area contributed by atoms with Crippen molar-refractivity contribution in [2.45, 2.75) is 38.0 Å². The van der Waals surface area contributed by atoms with Crippen LogP contribution in [0.5, 0.6) is 0 Å². The topological polar surface area (TPSA) is 40.5 Å². The predicted octanol–water partition coefficient (Wildman–Crippen LogP) is 3.81. The Hall–Kier alpha value is -1.77. The van der Waals surface area contributed by atoms with Crippen LogP contribution in [0, 0.1) is 0 Å². The van der Waals surface area contributed by atoms with Crippen LogP contribution in [-0.4, -0.2) is 24.2 Å². The van der Waals surface area contributed by atoms with Gasteiger partial charge < -0.3 is 10.0 Å². The van der Waals surface area contributed by atoms with Crippen molar-refractivity contribution in [2.75, 3.05) is 18.0 Å². The molecule has 1 heterocycles. The first-order valence-electron chi connectivity index (χ1n) is 7.39. The number of hydrogen-bond acceptors (Lipinski definition) is 2. The molecule has 1 atom stereocenters. The molecule has 0 radical (unpaired) electrons. The summed E-state index contributed by atoms with van der Waals surface area (Å²) in [5.74, 6) is -0.575. The van der Waals surface area contributed by atoms with Gasteiger partial charge in [-0.25, -0.2) is 0 Å². The van der Waals surface area contributed by atoms with E-state index in [1.165, 1.54) is 24.1 Å². The molecule has 20 heavy (non-hydrogen) atoms. The molecule has 1 N–H and O–H groups in total. The van der Waals surface area contributed by atoms with E-state index < -0.39 is 5.97 Å². The SMILES string of the molecule is C=CCCCCCN1CC(CC(=O)O)c2ccccc21. The number of unbranched alkanes of at least 4 members (excludes halogenated alkanes) is 3. The van der Waals surface area contributed by atoms with E-state index >= 15 is 0 Å². The lowest BCUT2D eigenvalue weighted by atomic mass is 9.98. The quantitative estimate of drug-likeness (QED) is 0.578. The summed E-state index contributed by atoms with van der Waals surface area (Å²) < 4.78 is 0. The van der Waals surface area contributed by atoms with Crippen molar-refractivity contribution >= 4 is 11.7 Å². The summed E-state index contributed by atoms with van der Waals surface area (Å²) >= 11 is 0. The fourth-order valence-electron chi connectivity index (χ4n) is 2.95. The maximum Gasteiger partial charge on any atom is 0.304 e. The highest BCUT2D eigenvalue weighted by atomic mass is 16.4. The number of allylic oxidation sites excluding steroid dienone is 1. The second kappa shape index (κ2) is 7.13. The Morgan fingerprint density at radius 2 is 2.15 bits per heavy atom. The second-order valence-corrected chi connectivity index (χ2v) is 5.44. The molecule has 1 aromatic carbocycles. The number of carboxylic acids is 1. The van der Waals surface area contributed by atoms with Crippen LogP contribution in [0.15, 0.2) is 36.9 Å². The Bertz CT molecular complexity index is 470. The highest BCUT2D eigenvalue weighted by Crippen LogP contribution is 2.37. The van der Waals surface area contributed by atoms with Gasteiger partial charge in [-0.05, 0) is 30.9 Å². The lowest BCUT2D eigenvalue weighted by Gasteiger charge is -2.19. The van der Waals surface area contributed by atoms with Crippen LogP contribution in [0.2, 0.25) is 0 Å². The van der Waals surface area contributed by atoms with Crippen LogP contribution in [-0.2, 0) is 4.79 Å². The summed E-state index contributed by atoms with van der Waals surface area (Å²) in [5.41, 5.74) is 2.42. The van der Waals surface area contributed by atoms with Crippen LogP contribution >= 0.6 is 0 Å². The normalized spacial score (nSPS) is 17.0. The van der Waals surface area contributed by atoms with Gasteiger partial charge in [-0.1, -0.05) is 30.7 Å². The Morgan fingerprint density at radius 1 is 1.35 bits per heavy atom. The summed E-state index contributed by atoms with van der Waals surface area (Å²) in [5, 5.41) is 9.03. The molecule has 1 aromatic rings. The number of para-hydroxylation sites is 1. The molecule has 1 unspecified atom stereocenters. The number of benzene rings is 1. The smallest absolute Gasteiger partial charge is 0.304 e. The largest absolute Gasteiger partial charge is 0.481 e. The van der Waals surface area contributed by atoms with E-state index in [2.05, 4.69) is 23.6 Å². The predicted molar refractivity (Wildman–Crippen MR) is 82.3 cm³/mol. The van der Waals surface area contributed by atoms with Crippen LogP contribution in [0.25, 0.3) is 0 Å². The molecule has 3 heteroatoms. The first-order valence-corrected chi connectivity index (χ1v) is 7.39. The second-order valence-electron chi connectivity index (χ2n) is 5.44. The molecule has 0 bridgehead atoms. The summed E-state index contributed by atoms with van der Waals surface area (Å²) in [7, 11) is 0. The number of carboxylic acid groups (broad SMARTS) is 1. The molecule has 1 aliphatic rings. The summed E-state index contributed by atoms with van der Waals surface area (Å²) in [4.78, 5) is 13.3. The number of carbonyl (C=O) groups is 1. The van der Waals surface area contributed by atoms with E-state index in [4.69, 9.17) is 5.11 Å². The molecule has 0 saturated heterocycles. The zero-order valence-corrected chi connectivity index (χ0v) is 11.9. The van der Waals surface area contributed by atoms with E-state index in [1.54, 1.807) is 0 Å². The number of nitrogens with zero attached hydrogens (tertiary/aromatic N) is 1. The van der Waals surface area contributed by atoms with Crippen molar-refractivity contribution < 1.29 is 9.90 Å². The van der Waals surface area contributed by atoms with Crippen molar-refractivity contribution in [3.63, 3.8) is 0 Å². The van der Waals surface area contributed by atoms with Gasteiger partial charge in [0.2, 0.25) is 0 Å². The Balaban J connectivity index is 1.94. The van der Waals surface area contributed by atoms with Gasteiger partial charge in [0.15, 0.2) is 0 Å². The van der Waals surface area contributed by atoms with Gasteiger partial charge in [0, 0.05) is 24.7 Å². The van der Waals surface area contributed by atoms with Crippen LogP contribution in [0.1, 0.15) is 43.6 Å². The fraction of sp³-hybridized carbons (Fsp3) is 0.471. The monoisotopic (exact) mass is 273 g/mol. The average molecular weight is 273 g/mol. The first kappa shape index (κ1) is 14.6. The first-order chi connectivity index (χ1) is 9.72. The van der Waals surface area contributed by atoms with Crippen molar-refractivity contribution in [3.8, 4) is 0 Å². The molecule has 0 saturated carbocycles. The Labute approximate surface area is 120 Å². The minimum absolute atomic E-state index is 0.136. The third kappa shape index (κ3) is 3.62. The molecule has 0 fully saturated rings. The number of aliphatic carboxylic acids is 1. The molecular formula is C17H23NO2. The highest BCUT2D eigenvalue weighted by molar-refractivity contribution is 5.71. The summed E-state index contributed by atoms with van der Waals surface area (Å²) in [6.07, 6.45) is 6.82. The third-order valence-corrected chi connectivity index (χ3v) is 3.92. The van der Waals surface area contributed by atoms with Crippen LogP contribution < -0.4 is 4.90 Å².